The zero-order valence-corrected chi connectivity index (χ0v) is 13.0. The summed E-state index contributed by atoms with van der Waals surface area (Å²) in [6, 6.07) is 6.18. The molecule has 1 aromatic carbocycles. The molecule has 106 valence electrons. The average Bonchev–Trinajstić information content (AvgIpc) is 2.33. The summed E-state index contributed by atoms with van der Waals surface area (Å²) >= 11 is 1.98. The number of nitrogens with two attached hydrogens (primary N) is 1. The molecule has 2 atom stereocenters. The molecule has 2 nitrogen and oxygen atoms in total. The van der Waals surface area contributed by atoms with Gasteiger partial charge in [-0.3, -0.25) is 0 Å². The first kappa shape index (κ1) is 14.6. The van der Waals surface area contributed by atoms with E-state index in [-0.39, 0.29) is 6.10 Å². The largest absolute Gasteiger partial charge is 0.489 e. The van der Waals surface area contributed by atoms with Crippen molar-refractivity contribution in [3.8, 4) is 5.75 Å². The Bertz CT molecular complexity index is 419. The fraction of sp³-hybridized carbons (Fsp3) is 0.625. The number of nitrogen functional groups attached to an aromatic ring is 1. The van der Waals surface area contributed by atoms with E-state index in [1.54, 1.807) is 0 Å². The molecule has 0 heterocycles. The number of hydrogen-bond donors (Lipinski definition) is 1. The number of hydrogen-bond acceptors (Lipinski definition) is 3. The SMILES string of the molecule is CC1CCCC(Sc2ccc(N)c(OC(C)C)c2)C1. The van der Waals surface area contributed by atoms with Gasteiger partial charge in [0, 0.05) is 10.1 Å². The molecule has 0 radical (unpaired) electrons. The van der Waals surface area contributed by atoms with E-state index in [0.717, 1.165) is 22.6 Å². The Morgan fingerprint density at radius 3 is 2.79 bits per heavy atom. The van der Waals surface area contributed by atoms with Crippen molar-refractivity contribution < 1.29 is 4.74 Å². The molecule has 1 aliphatic carbocycles. The Balaban J connectivity index is 2.03. The highest BCUT2D eigenvalue weighted by atomic mass is 32.2. The van der Waals surface area contributed by atoms with Crippen LogP contribution in [0.15, 0.2) is 23.1 Å². The van der Waals surface area contributed by atoms with Gasteiger partial charge < -0.3 is 10.5 Å². The van der Waals surface area contributed by atoms with Crippen molar-refractivity contribution in [3.63, 3.8) is 0 Å². The van der Waals surface area contributed by atoms with Gasteiger partial charge in [0.05, 0.1) is 11.8 Å². The molecule has 2 rings (SSSR count). The van der Waals surface area contributed by atoms with Crippen LogP contribution in [0.3, 0.4) is 0 Å². The Morgan fingerprint density at radius 2 is 2.11 bits per heavy atom. The zero-order valence-electron chi connectivity index (χ0n) is 12.2. The second kappa shape index (κ2) is 6.56. The van der Waals surface area contributed by atoms with Gasteiger partial charge in [-0.2, -0.15) is 0 Å². The van der Waals surface area contributed by atoms with Crippen molar-refractivity contribution in [1.82, 2.24) is 0 Å². The highest BCUT2D eigenvalue weighted by molar-refractivity contribution is 8.00. The second-order valence-electron chi connectivity index (χ2n) is 5.88. The lowest BCUT2D eigenvalue weighted by atomic mass is 9.91. The highest BCUT2D eigenvalue weighted by Gasteiger charge is 2.20. The molecular weight excluding hydrogens is 254 g/mol. The predicted molar refractivity (Wildman–Crippen MR) is 83.9 cm³/mol. The first-order chi connectivity index (χ1) is 9.04. The number of anilines is 1. The molecule has 1 saturated carbocycles. The van der Waals surface area contributed by atoms with E-state index >= 15 is 0 Å². The van der Waals surface area contributed by atoms with Crippen molar-refractivity contribution in [3.05, 3.63) is 18.2 Å². The molecule has 0 aromatic heterocycles. The van der Waals surface area contributed by atoms with Crippen LogP contribution >= 0.6 is 11.8 Å². The molecule has 0 bridgehead atoms. The lowest BCUT2D eigenvalue weighted by molar-refractivity contribution is 0.243. The topological polar surface area (TPSA) is 35.2 Å². The third kappa shape index (κ3) is 4.34. The summed E-state index contributed by atoms with van der Waals surface area (Å²) in [6.45, 7) is 6.42. The van der Waals surface area contributed by atoms with E-state index in [2.05, 4.69) is 19.1 Å². The summed E-state index contributed by atoms with van der Waals surface area (Å²) in [6.07, 6.45) is 5.58. The molecular formula is C16H25NOS. The van der Waals surface area contributed by atoms with E-state index in [1.807, 2.05) is 31.7 Å². The summed E-state index contributed by atoms with van der Waals surface area (Å²) in [5, 5.41) is 0.749. The molecule has 0 saturated heterocycles. The molecule has 0 aliphatic heterocycles. The Kier molecular flexibility index (Phi) is 5.03. The number of ether oxygens (including phenoxy) is 1. The molecule has 0 amide bonds. The highest BCUT2D eigenvalue weighted by Crippen LogP contribution is 2.38. The lowest BCUT2D eigenvalue weighted by Crippen LogP contribution is -2.15. The first-order valence-electron chi connectivity index (χ1n) is 7.27. The first-order valence-corrected chi connectivity index (χ1v) is 8.15. The van der Waals surface area contributed by atoms with Gasteiger partial charge in [0.25, 0.3) is 0 Å². The van der Waals surface area contributed by atoms with E-state index in [0.29, 0.717) is 0 Å². The summed E-state index contributed by atoms with van der Waals surface area (Å²) in [4.78, 5) is 1.28. The maximum absolute atomic E-state index is 5.96. The van der Waals surface area contributed by atoms with Gasteiger partial charge in [-0.05, 0) is 50.8 Å². The van der Waals surface area contributed by atoms with Crippen LogP contribution in [0.5, 0.6) is 5.75 Å². The number of rotatable bonds is 4. The van der Waals surface area contributed by atoms with Gasteiger partial charge in [-0.1, -0.05) is 19.8 Å². The van der Waals surface area contributed by atoms with Gasteiger partial charge in [0.1, 0.15) is 5.75 Å². The van der Waals surface area contributed by atoms with Crippen LogP contribution < -0.4 is 10.5 Å². The fourth-order valence-corrected chi connectivity index (χ4v) is 4.04. The zero-order chi connectivity index (χ0) is 13.8. The smallest absolute Gasteiger partial charge is 0.143 e. The maximum Gasteiger partial charge on any atom is 0.143 e. The summed E-state index contributed by atoms with van der Waals surface area (Å²) in [7, 11) is 0. The predicted octanol–water partition coefficient (Wildman–Crippen LogP) is 4.73. The molecule has 1 fully saturated rings. The molecule has 1 aliphatic rings. The minimum Gasteiger partial charge on any atom is -0.489 e. The van der Waals surface area contributed by atoms with Crippen LogP contribution in [0.2, 0.25) is 0 Å². The third-order valence-corrected chi connectivity index (χ3v) is 4.83. The molecule has 0 spiro atoms. The molecule has 19 heavy (non-hydrogen) atoms. The minimum atomic E-state index is 0.164. The standard InChI is InChI=1S/C16H25NOS/c1-11(2)18-16-10-14(7-8-15(16)17)19-13-6-4-5-12(3)9-13/h7-8,10-13H,4-6,9,17H2,1-3H3. The molecule has 2 unspecified atom stereocenters. The van der Waals surface area contributed by atoms with Crippen LogP contribution in [-0.4, -0.2) is 11.4 Å². The minimum absolute atomic E-state index is 0.164. The summed E-state index contributed by atoms with van der Waals surface area (Å²) in [5.74, 6) is 1.69. The van der Waals surface area contributed by atoms with Crippen molar-refractivity contribution in [2.75, 3.05) is 5.73 Å². The third-order valence-electron chi connectivity index (χ3n) is 3.54. The fourth-order valence-electron chi connectivity index (χ4n) is 2.62. The van der Waals surface area contributed by atoms with Gasteiger partial charge in [0.15, 0.2) is 0 Å². The number of benzene rings is 1. The van der Waals surface area contributed by atoms with Crippen molar-refractivity contribution in [1.29, 1.82) is 0 Å². The van der Waals surface area contributed by atoms with Crippen LogP contribution in [0.25, 0.3) is 0 Å². The summed E-state index contributed by atoms with van der Waals surface area (Å²) < 4.78 is 5.76. The van der Waals surface area contributed by atoms with Gasteiger partial charge in [-0.25, -0.2) is 0 Å². The molecule has 1 aromatic rings. The van der Waals surface area contributed by atoms with Gasteiger partial charge in [-0.15, -0.1) is 11.8 Å². The normalized spacial score (nSPS) is 23.6. The van der Waals surface area contributed by atoms with Crippen LogP contribution in [0.4, 0.5) is 5.69 Å². The van der Waals surface area contributed by atoms with Crippen LogP contribution in [-0.2, 0) is 0 Å². The van der Waals surface area contributed by atoms with Crippen LogP contribution in [0, 0.1) is 5.92 Å². The van der Waals surface area contributed by atoms with E-state index < -0.39 is 0 Å². The summed E-state index contributed by atoms with van der Waals surface area (Å²) in [5.41, 5.74) is 6.69. The van der Waals surface area contributed by atoms with Crippen LogP contribution in [0.1, 0.15) is 46.5 Å². The van der Waals surface area contributed by atoms with Crippen molar-refractivity contribution in [2.24, 2.45) is 5.92 Å². The number of thioether (sulfide) groups is 1. The molecule has 2 N–H and O–H groups in total. The quantitative estimate of drug-likeness (QED) is 0.809. The van der Waals surface area contributed by atoms with Gasteiger partial charge >= 0.3 is 0 Å². The Hall–Kier alpha value is -0.830. The van der Waals surface area contributed by atoms with E-state index in [9.17, 15) is 0 Å². The average molecular weight is 279 g/mol. The lowest BCUT2D eigenvalue weighted by Gasteiger charge is -2.26. The van der Waals surface area contributed by atoms with Crippen molar-refractivity contribution >= 4 is 17.4 Å². The second-order valence-corrected chi connectivity index (χ2v) is 7.25. The van der Waals surface area contributed by atoms with Gasteiger partial charge in [0.2, 0.25) is 0 Å². The van der Waals surface area contributed by atoms with E-state index in [1.165, 1.54) is 30.6 Å². The molecule has 3 heteroatoms. The Labute approximate surface area is 121 Å². The van der Waals surface area contributed by atoms with E-state index in [4.69, 9.17) is 10.5 Å². The Morgan fingerprint density at radius 1 is 1.32 bits per heavy atom. The van der Waals surface area contributed by atoms with Crippen molar-refractivity contribution in [2.45, 2.75) is 62.7 Å². The maximum atomic E-state index is 5.96. The monoisotopic (exact) mass is 279 g/mol.